The van der Waals surface area contributed by atoms with E-state index >= 15 is 0 Å². The van der Waals surface area contributed by atoms with Gasteiger partial charge in [0.05, 0.1) is 11.5 Å². The number of nitro groups is 1. The number of hydrogen-bond donors (Lipinski definition) is 0. The van der Waals surface area contributed by atoms with Crippen LogP contribution in [0.1, 0.15) is 6.92 Å². The number of nitro benzene ring substituents is 1. The van der Waals surface area contributed by atoms with E-state index in [-0.39, 0.29) is 24.6 Å². The minimum atomic E-state index is -0.595. The third kappa shape index (κ3) is 5.09. The summed E-state index contributed by atoms with van der Waals surface area (Å²) in [6.45, 7) is 1.29. The van der Waals surface area contributed by atoms with Gasteiger partial charge in [-0.2, -0.15) is 0 Å². The van der Waals surface area contributed by atoms with Crippen molar-refractivity contribution in [1.29, 1.82) is 0 Å². The van der Waals surface area contributed by atoms with E-state index in [4.69, 9.17) is 9.47 Å². The van der Waals surface area contributed by atoms with Crippen molar-refractivity contribution in [1.82, 2.24) is 4.90 Å². The fraction of sp³-hybridized carbons (Fsp3) is 0.385. The van der Waals surface area contributed by atoms with Gasteiger partial charge in [0.15, 0.2) is 12.4 Å². The van der Waals surface area contributed by atoms with E-state index in [1.54, 1.807) is 13.0 Å². The number of carbonyl (C=O) groups excluding carboxylic acids is 2. The van der Waals surface area contributed by atoms with Crippen LogP contribution in [0.25, 0.3) is 0 Å². The van der Waals surface area contributed by atoms with Gasteiger partial charge >= 0.3 is 11.7 Å². The van der Waals surface area contributed by atoms with Crippen LogP contribution in [-0.2, 0) is 14.3 Å². The van der Waals surface area contributed by atoms with Crippen molar-refractivity contribution in [2.75, 3.05) is 26.8 Å². The molecule has 0 aliphatic heterocycles. The lowest BCUT2D eigenvalue weighted by molar-refractivity contribution is -0.385. The fourth-order valence-electron chi connectivity index (χ4n) is 1.47. The molecule has 8 heteroatoms. The van der Waals surface area contributed by atoms with Gasteiger partial charge in [-0.15, -0.1) is 0 Å². The van der Waals surface area contributed by atoms with Crippen LogP contribution in [0.3, 0.4) is 0 Å². The van der Waals surface area contributed by atoms with Gasteiger partial charge < -0.3 is 14.4 Å². The molecule has 1 amide bonds. The van der Waals surface area contributed by atoms with Crippen LogP contribution in [0.2, 0.25) is 0 Å². The highest BCUT2D eigenvalue weighted by molar-refractivity contribution is 5.82. The molecule has 1 aromatic rings. The lowest BCUT2D eigenvalue weighted by Crippen LogP contribution is -2.36. The highest BCUT2D eigenvalue weighted by Gasteiger charge is 2.18. The monoisotopic (exact) mass is 296 g/mol. The van der Waals surface area contributed by atoms with Gasteiger partial charge in [-0.25, -0.2) is 0 Å². The van der Waals surface area contributed by atoms with E-state index in [1.807, 2.05) is 0 Å². The minimum Gasteiger partial charge on any atom is -0.477 e. The van der Waals surface area contributed by atoms with Gasteiger partial charge in [0.2, 0.25) is 0 Å². The summed E-state index contributed by atoms with van der Waals surface area (Å²) in [5, 5.41) is 10.8. The number of rotatable bonds is 7. The average molecular weight is 296 g/mol. The number of ether oxygens (including phenoxy) is 2. The standard InChI is InChI=1S/C13H16N2O6/c1-3-20-13(17)8-14(2)12(16)9-21-11-7-5-4-6-10(11)15(18)19/h4-7H,3,8-9H2,1-2H3. The minimum absolute atomic E-state index is 0.000356. The Hall–Kier alpha value is -2.64. The fourth-order valence-corrected chi connectivity index (χ4v) is 1.47. The largest absolute Gasteiger partial charge is 0.477 e. The normalized spacial score (nSPS) is 9.81. The summed E-state index contributed by atoms with van der Waals surface area (Å²) < 4.78 is 9.85. The van der Waals surface area contributed by atoms with Crippen LogP contribution in [-0.4, -0.2) is 48.5 Å². The van der Waals surface area contributed by atoms with Gasteiger partial charge in [-0.3, -0.25) is 19.7 Å². The van der Waals surface area contributed by atoms with Crippen molar-refractivity contribution in [2.45, 2.75) is 6.92 Å². The molecule has 8 nitrogen and oxygen atoms in total. The lowest BCUT2D eigenvalue weighted by Gasteiger charge is -2.16. The number of esters is 1. The van der Waals surface area contributed by atoms with Gasteiger partial charge in [0.1, 0.15) is 6.54 Å². The number of benzene rings is 1. The highest BCUT2D eigenvalue weighted by atomic mass is 16.6. The Bertz CT molecular complexity index is 531. The van der Waals surface area contributed by atoms with Crippen LogP contribution >= 0.6 is 0 Å². The molecule has 0 radical (unpaired) electrons. The molecule has 21 heavy (non-hydrogen) atoms. The third-order valence-electron chi connectivity index (χ3n) is 2.51. The molecule has 0 aromatic heterocycles. The Morgan fingerprint density at radius 3 is 2.62 bits per heavy atom. The molecule has 0 heterocycles. The summed E-state index contributed by atoms with van der Waals surface area (Å²) >= 11 is 0. The van der Waals surface area contributed by atoms with E-state index in [0.29, 0.717) is 0 Å². The smallest absolute Gasteiger partial charge is 0.325 e. The van der Waals surface area contributed by atoms with E-state index in [1.165, 1.54) is 25.2 Å². The predicted molar refractivity (Wildman–Crippen MR) is 72.9 cm³/mol. The maximum absolute atomic E-state index is 11.8. The summed E-state index contributed by atoms with van der Waals surface area (Å²) in [5.41, 5.74) is -0.224. The average Bonchev–Trinajstić information content (AvgIpc) is 2.45. The summed E-state index contributed by atoms with van der Waals surface area (Å²) in [7, 11) is 1.42. The Labute approximate surface area is 121 Å². The van der Waals surface area contributed by atoms with Crippen molar-refractivity contribution in [2.24, 2.45) is 0 Å². The van der Waals surface area contributed by atoms with Crippen molar-refractivity contribution in [3.63, 3.8) is 0 Å². The molecular formula is C13H16N2O6. The molecule has 0 aliphatic rings. The van der Waals surface area contributed by atoms with Crippen molar-refractivity contribution in [3.8, 4) is 5.75 Å². The molecule has 0 saturated carbocycles. The number of amides is 1. The van der Waals surface area contributed by atoms with Gasteiger partial charge in [0.25, 0.3) is 5.91 Å². The Morgan fingerprint density at radius 1 is 1.33 bits per heavy atom. The molecule has 0 N–H and O–H groups in total. The van der Waals surface area contributed by atoms with E-state index in [2.05, 4.69) is 0 Å². The SMILES string of the molecule is CCOC(=O)CN(C)C(=O)COc1ccccc1[N+](=O)[O-]. The summed E-state index contributed by atoms with van der Waals surface area (Å²) in [5.74, 6) is -1.01. The zero-order valence-electron chi connectivity index (χ0n) is 11.8. The van der Waals surface area contributed by atoms with Crippen molar-refractivity contribution >= 4 is 17.6 Å². The molecule has 0 fully saturated rings. The molecule has 0 bridgehead atoms. The first-order valence-corrected chi connectivity index (χ1v) is 6.21. The third-order valence-corrected chi connectivity index (χ3v) is 2.51. The second-order valence-corrected chi connectivity index (χ2v) is 4.07. The van der Waals surface area contributed by atoms with Crippen LogP contribution in [0.5, 0.6) is 5.75 Å². The molecule has 114 valence electrons. The zero-order valence-corrected chi connectivity index (χ0v) is 11.8. The Morgan fingerprint density at radius 2 is 2.00 bits per heavy atom. The van der Waals surface area contributed by atoms with Gasteiger partial charge in [-0.05, 0) is 13.0 Å². The second kappa shape index (κ2) is 7.83. The number of likely N-dealkylation sites (N-methyl/N-ethyl adjacent to an activating group) is 1. The number of para-hydroxylation sites is 2. The summed E-state index contributed by atoms with van der Waals surface area (Å²) in [6, 6.07) is 5.74. The van der Waals surface area contributed by atoms with Crippen molar-refractivity contribution < 1.29 is 24.0 Å². The zero-order chi connectivity index (χ0) is 15.8. The maximum atomic E-state index is 11.8. The molecule has 0 spiro atoms. The van der Waals surface area contributed by atoms with Crippen molar-refractivity contribution in [3.05, 3.63) is 34.4 Å². The van der Waals surface area contributed by atoms with E-state index in [0.717, 1.165) is 4.90 Å². The Kier molecular flexibility index (Phi) is 6.12. The Balaban J connectivity index is 2.57. The molecule has 1 rings (SSSR count). The highest BCUT2D eigenvalue weighted by Crippen LogP contribution is 2.25. The topological polar surface area (TPSA) is 99.0 Å². The molecular weight excluding hydrogens is 280 g/mol. The number of hydrogen-bond acceptors (Lipinski definition) is 6. The predicted octanol–water partition coefficient (Wildman–Crippen LogP) is 0.995. The van der Waals surface area contributed by atoms with Crippen LogP contribution < -0.4 is 4.74 Å². The first-order chi connectivity index (χ1) is 9.95. The molecule has 0 saturated heterocycles. The molecule has 1 aromatic carbocycles. The summed E-state index contributed by atoms with van der Waals surface area (Å²) in [6.07, 6.45) is 0. The molecule has 0 unspecified atom stereocenters. The lowest BCUT2D eigenvalue weighted by atomic mass is 10.3. The molecule has 0 aliphatic carbocycles. The second-order valence-electron chi connectivity index (χ2n) is 4.07. The van der Waals surface area contributed by atoms with Crippen LogP contribution in [0, 0.1) is 10.1 Å². The summed E-state index contributed by atoms with van der Waals surface area (Å²) in [4.78, 5) is 34.3. The van der Waals surface area contributed by atoms with Crippen LogP contribution in [0.4, 0.5) is 5.69 Å². The van der Waals surface area contributed by atoms with E-state index in [9.17, 15) is 19.7 Å². The van der Waals surface area contributed by atoms with Crippen LogP contribution in [0.15, 0.2) is 24.3 Å². The number of nitrogens with zero attached hydrogens (tertiary/aromatic N) is 2. The first-order valence-electron chi connectivity index (χ1n) is 6.21. The van der Waals surface area contributed by atoms with Gasteiger partial charge in [0, 0.05) is 13.1 Å². The maximum Gasteiger partial charge on any atom is 0.325 e. The molecule has 0 atom stereocenters. The quantitative estimate of drug-likeness (QED) is 0.423. The first kappa shape index (κ1) is 16.4. The number of carbonyl (C=O) groups is 2. The van der Waals surface area contributed by atoms with E-state index < -0.39 is 23.4 Å². The van der Waals surface area contributed by atoms with Gasteiger partial charge in [-0.1, -0.05) is 12.1 Å².